The monoisotopic (exact) mass is 383 g/mol. The lowest BCUT2D eigenvalue weighted by Gasteiger charge is -2.08. The Hall–Kier alpha value is -2.57. The normalized spacial score (nSPS) is 11.2. The molecule has 0 N–H and O–H groups in total. The number of hydrogen-bond acceptors (Lipinski definition) is 5. The zero-order chi connectivity index (χ0) is 18.1. The van der Waals surface area contributed by atoms with E-state index in [4.69, 9.17) is 21.3 Å². The Morgan fingerprint density at radius 1 is 1.19 bits per heavy atom. The average molecular weight is 384 g/mol. The number of benzene rings is 2. The number of ether oxygens (including phenoxy) is 1. The van der Waals surface area contributed by atoms with Crippen molar-refractivity contribution in [3.05, 3.63) is 65.3 Å². The number of fused-ring (bicyclic) bond motifs is 3. The molecule has 0 bridgehead atoms. The maximum atomic E-state index is 12.2. The summed E-state index contributed by atoms with van der Waals surface area (Å²) in [6.07, 6.45) is 1.50. The number of halogens is 1. The van der Waals surface area contributed by atoms with Crippen molar-refractivity contribution in [1.29, 1.82) is 0 Å². The minimum atomic E-state index is -0.423. The third kappa shape index (κ3) is 3.02. The lowest BCUT2D eigenvalue weighted by Crippen LogP contribution is -2.05. The van der Waals surface area contributed by atoms with E-state index in [0.29, 0.717) is 22.8 Å². The van der Waals surface area contributed by atoms with Gasteiger partial charge < -0.3 is 4.74 Å². The van der Waals surface area contributed by atoms with Gasteiger partial charge in [0.15, 0.2) is 5.65 Å². The average Bonchev–Trinajstić information content (AvgIpc) is 3.08. The molecule has 0 amide bonds. The Labute approximate surface area is 158 Å². The van der Waals surface area contributed by atoms with Gasteiger partial charge in [-0.1, -0.05) is 41.6 Å². The summed E-state index contributed by atoms with van der Waals surface area (Å²) in [6, 6.07) is 15.4. The topological polar surface area (TPSA) is 56.5 Å². The van der Waals surface area contributed by atoms with Crippen LogP contribution in [-0.2, 0) is 4.74 Å². The third-order valence-electron chi connectivity index (χ3n) is 3.84. The van der Waals surface area contributed by atoms with Crippen molar-refractivity contribution in [1.82, 2.24) is 14.6 Å². The van der Waals surface area contributed by atoms with E-state index in [-0.39, 0.29) is 0 Å². The van der Waals surface area contributed by atoms with Crippen molar-refractivity contribution in [3.63, 3.8) is 0 Å². The summed E-state index contributed by atoms with van der Waals surface area (Å²) in [5.74, 6) is -0.423. The van der Waals surface area contributed by atoms with Gasteiger partial charge in [0.25, 0.3) is 0 Å². The van der Waals surface area contributed by atoms with Crippen molar-refractivity contribution in [3.8, 4) is 0 Å². The second-order valence-electron chi connectivity index (χ2n) is 5.50. The van der Waals surface area contributed by atoms with Crippen LogP contribution in [0.15, 0.2) is 64.6 Å². The number of aromatic nitrogens is 3. The highest BCUT2D eigenvalue weighted by Crippen LogP contribution is 2.33. The maximum Gasteiger partial charge on any atom is 0.343 e. The number of nitrogens with zero attached hydrogens (tertiary/aromatic N) is 3. The van der Waals surface area contributed by atoms with Crippen LogP contribution in [0.5, 0.6) is 0 Å². The maximum absolute atomic E-state index is 12.2. The molecular weight excluding hydrogens is 370 g/mol. The van der Waals surface area contributed by atoms with E-state index in [1.54, 1.807) is 11.4 Å². The summed E-state index contributed by atoms with van der Waals surface area (Å²) < 4.78 is 6.80. The summed E-state index contributed by atoms with van der Waals surface area (Å²) in [7, 11) is 0. The predicted molar refractivity (Wildman–Crippen MR) is 102 cm³/mol. The van der Waals surface area contributed by atoms with Crippen LogP contribution in [0.4, 0.5) is 0 Å². The molecule has 130 valence electrons. The summed E-state index contributed by atoms with van der Waals surface area (Å²) in [6.45, 7) is 2.07. The van der Waals surface area contributed by atoms with Crippen LogP contribution in [0.25, 0.3) is 16.6 Å². The number of carbonyl (C=O) groups is 1. The molecule has 2 aromatic heterocycles. The van der Waals surface area contributed by atoms with Gasteiger partial charge in [0.05, 0.1) is 18.3 Å². The highest BCUT2D eigenvalue weighted by atomic mass is 35.5. The van der Waals surface area contributed by atoms with E-state index in [1.165, 1.54) is 18.0 Å². The molecule has 0 atom stereocenters. The van der Waals surface area contributed by atoms with Gasteiger partial charge in [0.1, 0.15) is 10.6 Å². The fourth-order valence-electron chi connectivity index (χ4n) is 2.67. The lowest BCUT2D eigenvalue weighted by molar-refractivity contribution is 0.0528. The van der Waals surface area contributed by atoms with Crippen LogP contribution in [-0.4, -0.2) is 27.2 Å². The molecule has 0 fully saturated rings. The number of hydrogen-bond donors (Lipinski definition) is 0. The van der Waals surface area contributed by atoms with Crippen molar-refractivity contribution in [2.24, 2.45) is 0 Å². The Kier molecular flexibility index (Phi) is 4.53. The first-order valence-corrected chi connectivity index (χ1v) is 9.24. The molecule has 0 spiro atoms. The van der Waals surface area contributed by atoms with Crippen LogP contribution < -0.4 is 0 Å². The van der Waals surface area contributed by atoms with Crippen molar-refractivity contribution < 1.29 is 9.53 Å². The number of carbonyl (C=O) groups excluding carboxylic acids is 1. The van der Waals surface area contributed by atoms with Crippen LogP contribution in [0, 0.1) is 0 Å². The zero-order valence-electron chi connectivity index (χ0n) is 13.8. The Morgan fingerprint density at radius 2 is 1.96 bits per heavy atom. The Bertz CT molecular complexity index is 1110. The third-order valence-corrected chi connectivity index (χ3v) is 5.10. The molecular formula is C19H14ClN3O2S. The van der Waals surface area contributed by atoms with E-state index >= 15 is 0 Å². The minimum absolute atomic E-state index is 0.302. The molecule has 0 aliphatic rings. The molecule has 0 saturated carbocycles. The fraction of sp³-hybridized carbons (Fsp3) is 0.105. The SMILES string of the molecule is CCOC(=O)c1cnn2c1nc(Sc1ccc(Cl)cc1)c1ccccc12. The largest absolute Gasteiger partial charge is 0.462 e. The van der Waals surface area contributed by atoms with E-state index < -0.39 is 5.97 Å². The van der Waals surface area contributed by atoms with E-state index in [9.17, 15) is 4.79 Å². The van der Waals surface area contributed by atoms with Crippen molar-refractivity contribution >= 4 is 45.9 Å². The zero-order valence-corrected chi connectivity index (χ0v) is 15.4. The van der Waals surface area contributed by atoms with Crippen LogP contribution in [0.3, 0.4) is 0 Å². The van der Waals surface area contributed by atoms with E-state index in [1.807, 2.05) is 48.5 Å². The number of para-hydroxylation sites is 1. The van der Waals surface area contributed by atoms with Gasteiger partial charge >= 0.3 is 5.97 Å². The van der Waals surface area contributed by atoms with Crippen molar-refractivity contribution in [2.75, 3.05) is 6.61 Å². The van der Waals surface area contributed by atoms with Gasteiger partial charge in [0.2, 0.25) is 0 Å². The molecule has 4 aromatic rings. The van der Waals surface area contributed by atoms with Crippen molar-refractivity contribution in [2.45, 2.75) is 16.8 Å². The second-order valence-corrected chi connectivity index (χ2v) is 7.00. The molecule has 0 radical (unpaired) electrons. The highest BCUT2D eigenvalue weighted by Gasteiger charge is 2.19. The summed E-state index contributed by atoms with van der Waals surface area (Å²) in [5, 5.41) is 6.77. The first-order chi connectivity index (χ1) is 12.7. The molecule has 5 nitrogen and oxygen atoms in total. The summed E-state index contributed by atoms with van der Waals surface area (Å²) in [5.41, 5.74) is 1.72. The molecule has 2 heterocycles. The molecule has 0 saturated heterocycles. The van der Waals surface area contributed by atoms with Gasteiger partial charge in [-0.25, -0.2) is 14.3 Å². The minimum Gasteiger partial charge on any atom is -0.462 e. The molecule has 2 aromatic carbocycles. The first kappa shape index (κ1) is 16.9. The summed E-state index contributed by atoms with van der Waals surface area (Å²) >= 11 is 7.49. The number of rotatable bonds is 4. The van der Waals surface area contributed by atoms with Crippen LogP contribution >= 0.6 is 23.4 Å². The second kappa shape index (κ2) is 6.97. The predicted octanol–water partition coefficient (Wildman–Crippen LogP) is 4.86. The van der Waals surface area contributed by atoms with Gasteiger partial charge in [-0.05, 0) is 37.3 Å². The molecule has 4 rings (SSSR count). The fourth-order valence-corrected chi connectivity index (χ4v) is 3.70. The van der Waals surface area contributed by atoms with Gasteiger partial charge in [-0.2, -0.15) is 5.10 Å². The molecule has 0 aliphatic carbocycles. The lowest BCUT2D eigenvalue weighted by atomic mass is 10.2. The Morgan fingerprint density at radius 3 is 2.73 bits per heavy atom. The smallest absolute Gasteiger partial charge is 0.343 e. The van der Waals surface area contributed by atoms with Crippen LogP contribution in [0.1, 0.15) is 17.3 Å². The Balaban J connectivity index is 1.90. The summed E-state index contributed by atoms with van der Waals surface area (Å²) in [4.78, 5) is 17.9. The molecule has 0 unspecified atom stereocenters. The number of esters is 1. The quantitative estimate of drug-likeness (QED) is 0.372. The molecule has 26 heavy (non-hydrogen) atoms. The van der Waals surface area contributed by atoms with E-state index in [2.05, 4.69) is 5.10 Å². The highest BCUT2D eigenvalue weighted by molar-refractivity contribution is 7.99. The van der Waals surface area contributed by atoms with Gasteiger partial charge in [-0.3, -0.25) is 0 Å². The first-order valence-electron chi connectivity index (χ1n) is 8.04. The standard InChI is InChI=1S/C19H14ClN3O2S/c1-2-25-19(24)15-11-21-23-16-6-4-3-5-14(16)18(22-17(15)23)26-13-9-7-12(20)8-10-13/h3-11H,2H2,1H3. The molecule has 0 aliphatic heterocycles. The van der Waals surface area contributed by atoms with Gasteiger partial charge in [0, 0.05) is 15.3 Å². The van der Waals surface area contributed by atoms with E-state index in [0.717, 1.165) is 20.8 Å². The molecule has 7 heteroatoms. The van der Waals surface area contributed by atoms with Gasteiger partial charge in [-0.15, -0.1) is 0 Å². The van der Waals surface area contributed by atoms with Crippen LogP contribution in [0.2, 0.25) is 5.02 Å².